The number of methoxy groups -OCH3 is 1. The van der Waals surface area contributed by atoms with Crippen LogP contribution in [0.4, 0.5) is 0 Å². The zero-order chi connectivity index (χ0) is 12.3. The third-order valence-electron chi connectivity index (χ3n) is 2.29. The van der Waals surface area contributed by atoms with Gasteiger partial charge in [0.2, 0.25) is 0 Å². The van der Waals surface area contributed by atoms with Crippen LogP contribution in [0.3, 0.4) is 0 Å². The van der Waals surface area contributed by atoms with Gasteiger partial charge in [-0.1, -0.05) is 0 Å². The van der Waals surface area contributed by atoms with Crippen LogP contribution in [0, 0.1) is 0 Å². The molecule has 1 fully saturated rings. The minimum atomic E-state index is -2.35. The zero-order valence-electron chi connectivity index (χ0n) is 8.35. The molecule has 0 radical (unpaired) electrons. The van der Waals surface area contributed by atoms with Crippen LogP contribution in [0.25, 0.3) is 10.4 Å². The summed E-state index contributed by atoms with van der Waals surface area (Å²) in [6.45, 7) is -0.641. The van der Waals surface area contributed by atoms with E-state index in [9.17, 15) is 15.0 Å². The highest BCUT2D eigenvalue weighted by molar-refractivity contribution is 5.80. The summed E-state index contributed by atoms with van der Waals surface area (Å²) < 4.78 is 9.19. The van der Waals surface area contributed by atoms with E-state index in [0.29, 0.717) is 0 Å². The van der Waals surface area contributed by atoms with Crippen molar-refractivity contribution in [2.75, 3.05) is 13.7 Å². The number of rotatable bonds is 3. The Morgan fingerprint density at radius 1 is 1.69 bits per heavy atom. The molecule has 90 valence electrons. The van der Waals surface area contributed by atoms with Crippen molar-refractivity contribution >= 4 is 5.97 Å². The maximum absolute atomic E-state index is 11.4. The summed E-state index contributed by atoms with van der Waals surface area (Å²) in [5, 5.41) is 30.9. The number of hydrogen-bond donors (Lipinski definition) is 3. The fourth-order valence-electron chi connectivity index (χ4n) is 1.46. The molecule has 1 heterocycles. The maximum atomic E-state index is 11.4. The number of carbonyl (C=O) groups excluding carboxylic acids is 1. The number of ether oxygens (including phenoxy) is 2. The van der Waals surface area contributed by atoms with E-state index >= 15 is 0 Å². The molecule has 4 atom stereocenters. The van der Waals surface area contributed by atoms with Gasteiger partial charge >= 0.3 is 5.97 Å². The third-order valence-corrected chi connectivity index (χ3v) is 2.29. The number of aliphatic hydroxyl groups excluding tert-OH is 3. The van der Waals surface area contributed by atoms with E-state index in [0.717, 1.165) is 7.11 Å². The predicted octanol–water partition coefficient (Wildman–Crippen LogP) is -1.72. The maximum Gasteiger partial charge on any atom is 0.347 e. The van der Waals surface area contributed by atoms with Gasteiger partial charge in [-0.15, -0.1) is 0 Å². The molecule has 9 heteroatoms. The van der Waals surface area contributed by atoms with Crippen molar-refractivity contribution in [1.29, 1.82) is 0 Å². The van der Waals surface area contributed by atoms with E-state index < -0.39 is 36.6 Å². The van der Waals surface area contributed by atoms with Gasteiger partial charge in [0, 0.05) is 4.91 Å². The van der Waals surface area contributed by atoms with Crippen molar-refractivity contribution in [1.82, 2.24) is 0 Å². The fourth-order valence-corrected chi connectivity index (χ4v) is 1.46. The summed E-state index contributed by atoms with van der Waals surface area (Å²) >= 11 is 0. The first-order valence-corrected chi connectivity index (χ1v) is 4.33. The molecular formula is C7H11N3O6. The Morgan fingerprint density at radius 2 is 2.31 bits per heavy atom. The largest absolute Gasteiger partial charge is 0.467 e. The van der Waals surface area contributed by atoms with E-state index in [-0.39, 0.29) is 0 Å². The normalized spacial score (nSPS) is 37.9. The van der Waals surface area contributed by atoms with Crippen LogP contribution in [0.15, 0.2) is 5.11 Å². The minimum Gasteiger partial charge on any atom is -0.467 e. The average Bonchev–Trinajstić information content (AvgIpc) is 2.54. The summed E-state index contributed by atoms with van der Waals surface area (Å²) in [4.78, 5) is 13.7. The van der Waals surface area contributed by atoms with Gasteiger partial charge in [-0.05, 0) is 10.6 Å². The smallest absolute Gasteiger partial charge is 0.347 e. The van der Waals surface area contributed by atoms with Crippen molar-refractivity contribution in [2.45, 2.75) is 24.0 Å². The molecule has 1 saturated heterocycles. The van der Waals surface area contributed by atoms with Crippen LogP contribution in [0.5, 0.6) is 0 Å². The molecule has 0 spiro atoms. The van der Waals surface area contributed by atoms with Crippen LogP contribution in [-0.2, 0) is 14.3 Å². The quantitative estimate of drug-likeness (QED) is 0.229. The second kappa shape index (κ2) is 4.64. The fraction of sp³-hybridized carbons (Fsp3) is 0.857. The lowest BCUT2D eigenvalue weighted by atomic mass is 10.0. The van der Waals surface area contributed by atoms with E-state index in [4.69, 9.17) is 15.4 Å². The van der Waals surface area contributed by atoms with E-state index in [1.165, 1.54) is 0 Å². The molecule has 9 nitrogen and oxygen atoms in total. The lowest BCUT2D eigenvalue weighted by Gasteiger charge is -2.23. The molecule has 0 unspecified atom stereocenters. The van der Waals surface area contributed by atoms with Crippen molar-refractivity contribution in [3.63, 3.8) is 0 Å². The van der Waals surface area contributed by atoms with Crippen molar-refractivity contribution in [2.24, 2.45) is 5.11 Å². The molecule has 0 amide bonds. The molecule has 3 N–H and O–H groups in total. The standard InChI is InChI=1S/C7H11N3O6/c1-15-6(14)7(9-10-8)5(13)4(12)3(2-11)16-7/h3-5,11-13H,2H2,1H3/t3-,4-,5+,7-/m1/s1. The highest BCUT2D eigenvalue weighted by Gasteiger charge is 2.59. The minimum absolute atomic E-state index is 0.641. The number of esters is 1. The van der Waals surface area contributed by atoms with Crippen LogP contribution in [0.1, 0.15) is 0 Å². The van der Waals surface area contributed by atoms with Crippen LogP contribution in [-0.4, -0.2) is 59.0 Å². The Kier molecular flexibility index (Phi) is 3.68. The summed E-state index contributed by atoms with van der Waals surface area (Å²) in [5.41, 5.74) is 5.96. The van der Waals surface area contributed by atoms with E-state index in [2.05, 4.69) is 14.8 Å². The molecule has 0 aromatic rings. The number of hydrogen-bond acceptors (Lipinski definition) is 7. The first-order chi connectivity index (χ1) is 7.53. The molecule has 1 aliphatic rings. The summed E-state index contributed by atoms with van der Waals surface area (Å²) in [5.74, 6) is -1.15. The summed E-state index contributed by atoms with van der Waals surface area (Å²) in [6, 6.07) is 0. The van der Waals surface area contributed by atoms with E-state index in [1.54, 1.807) is 0 Å². The van der Waals surface area contributed by atoms with Crippen molar-refractivity contribution in [3.05, 3.63) is 10.4 Å². The molecule has 0 aromatic carbocycles. The SMILES string of the molecule is COC(=O)[C@]1(N=[N+]=[N-])O[C@H](CO)[C@@H](O)[C@@H]1O. The number of azide groups is 1. The Balaban J connectivity index is 3.13. The molecular weight excluding hydrogens is 222 g/mol. The Labute approximate surface area is 89.8 Å². The predicted molar refractivity (Wildman–Crippen MR) is 47.9 cm³/mol. The second-order valence-electron chi connectivity index (χ2n) is 3.15. The summed E-state index contributed by atoms with van der Waals surface area (Å²) in [7, 11) is 1.01. The monoisotopic (exact) mass is 233 g/mol. The Hall–Kier alpha value is -1.38. The van der Waals surface area contributed by atoms with Crippen LogP contribution < -0.4 is 0 Å². The summed E-state index contributed by atoms with van der Waals surface area (Å²) in [6.07, 6.45) is -4.57. The number of carbonyl (C=O) groups is 1. The van der Waals surface area contributed by atoms with Gasteiger partial charge in [-0.3, -0.25) is 0 Å². The molecule has 0 aliphatic carbocycles. The first-order valence-electron chi connectivity index (χ1n) is 4.33. The number of nitrogens with zero attached hydrogens (tertiary/aromatic N) is 3. The van der Waals surface area contributed by atoms with Crippen LogP contribution >= 0.6 is 0 Å². The third kappa shape index (κ3) is 1.70. The highest BCUT2D eigenvalue weighted by atomic mass is 16.6. The lowest BCUT2D eigenvalue weighted by Crippen LogP contribution is -2.48. The van der Waals surface area contributed by atoms with Crippen molar-refractivity contribution < 1.29 is 29.6 Å². The molecule has 1 aliphatic heterocycles. The molecule has 0 aromatic heterocycles. The number of aliphatic hydroxyl groups is 3. The molecule has 16 heavy (non-hydrogen) atoms. The van der Waals surface area contributed by atoms with Gasteiger partial charge in [0.05, 0.1) is 13.7 Å². The highest BCUT2D eigenvalue weighted by Crippen LogP contribution is 2.33. The molecule has 0 saturated carbocycles. The van der Waals surface area contributed by atoms with Crippen molar-refractivity contribution in [3.8, 4) is 0 Å². The second-order valence-corrected chi connectivity index (χ2v) is 3.15. The van der Waals surface area contributed by atoms with Gasteiger partial charge in [0.25, 0.3) is 5.72 Å². The van der Waals surface area contributed by atoms with Gasteiger partial charge in [-0.25, -0.2) is 4.79 Å². The average molecular weight is 233 g/mol. The van der Waals surface area contributed by atoms with Crippen LogP contribution in [0.2, 0.25) is 0 Å². The molecule has 1 rings (SSSR count). The Morgan fingerprint density at radius 3 is 2.69 bits per heavy atom. The van der Waals surface area contributed by atoms with Gasteiger partial charge < -0.3 is 24.8 Å². The van der Waals surface area contributed by atoms with Gasteiger partial charge in [-0.2, -0.15) is 0 Å². The zero-order valence-corrected chi connectivity index (χ0v) is 8.35. The van der Waals surface area contributed by atoms with E-state index in [1.807, 2.05) is 0 Å². The topological polar surface area (TPSA) is 145 Å². The molecule has 0 bridgehead atoms. The lowest BCUT2D eigenvalue weighted by molar-refractivity contribution is -0.176. The first kappa shape index (κ1) is 12.7. The Bertz CT molecular complexity index is 330. The van der Waals surface area contributed by atoms with Gasteiger partial charge in [0.15, 0.2) is 0 Å². The van der Waals surface area contributed by atoms with Gasteiger partial charge in [0.1, 0.15) is 18.3 Å².